The number of amides is 1. The SMILES string of the molecule is O=C(c1cc(NCc2ccccc2F)ccn1)N1CCCCC1. The fourth-order valence-corrected chi connectivity index (χ4v) is 2.76. The topological polar surface area (TPSA) is 45.2 Å². The van der Waals surface area contributed by atoms with E-state index in [-0.39, 0.29) is 11.7 Å². The van der Waals surface area contributed by atoms with E-state index < -0.39 is 0 Å². The van der Waals surface area contributed by atoms with E-state index in [4.69, 9.17) is 0 Å². The van der Waals surface area contributed by atoms with Crippen LogP contribution in [0.4, 0.5) is 10.1 Å². The highest BCUT2D eigenvalue weighted by Crippen LogP contribution is 2.16. The molecule has 1 fully saturated rings. The number of anilines is 1. The molecule has 0 saturated carbocycles. The van der Waals surface area contributed by atoms with E-state index in [9.17, 15) is 9.18 Å². The third-order valence-electron chi connectivity index (χ3n) is 4.06. The Bertz CT molecular complexity index is 683. The first-order chi connectivity index (χ1) is 11.2. The maximum absolute atomic E-state index is 13.6. The van der Waals surface area contributed by atoms with Gasteiger partial charge in [-0.3, -0.25) is 9.78 Å². The average Bonchev–Trinajstić information content (AvgIpc) is 2.61. The Morgan fingerprint density at radius 3 is 2.74 bits per heavy atom. The van der Waals surface area contributed by atoms with Crippen molar-refractivity contribution < 1.29 is 9.18 Å². The zero-order valence-electron chi connectivity index (χ0n) is 13.0. The predicted molar refractivity (Wildman–Crippen MR) is 87.7 cm³/mol. The van der Waals surface area contributed by atoms with Gasteiger partial charge in [0, 0.05) is 37.1 Å². The number of nitrogens with one attached hydrogen (secondary N) is 1. The molecule has 0 spiro atoms. The van der Waals surface area contributed by atoms with Gasteiger partial charge in [-0.15, -0.1) is 0 Å². The van der Waals surface area contributed by atoms with Gasteiger partial charge in [0.15, 0.2) is 0 Å². The van der Waals surface area contributed by atoms with Gasteiger partial charge in [-0.1, -0.05) is 18.2 Å². The van der Waals surface area contributed by atoms with Crippen LogP contribution in [-0.4, -0.2) is 28.9 Å². The second kappa shape index (κ2) is 7.22. The number of hydrogen-bond donors (Lipinski definition) is 1. The Labute approximate surface area is 135 Å². The van der Waals surface area contributed by atoms with E-state index in [2.05, 4.69) is 10.3 Å². The molecule has 1 aromatic heterocycles. The van der Waals surface area contributed by atoms with E-state index in [1.54, 1.807) is 36.5 Å². The van der Waals surface area contributed by atoms with Crippen molar-refractivity contribution in [1.82, 2.24) is 9.88 Å². The van der Waals surface area contributed by atoms with E-state index >= 15 is 0 Å². The van der Waals surface area contributed by atoms with Crippen molar-refractivity contribution in [3.63, 3.8) is 0 Å². The van der Waals surface area contributed by atoms with Gasteiger partial charge in [0.2, 0.25) is 0 Å². The van der Waals surface area contributed by atoms with Crippen molar-refractivity contribution in [2.24, 2.45) is 0 Å². The van der Waals surface area contributed by atoms with Gasteiger partial charge in [0.25, 0.3) is 5.91 Å². The molecule has 3 rings (SSSR count). The molecular weight excluding hydrogens is 293 g/mol. The minimum absolute atomic E-state index is 0.0285. The van der Waals surface area contributed by atoms with Crippen molar-refractivity contribution >= 4 is 11.6 Å². The van der Waals surface area contributed by atoms with Crippen LogP contribution >= 0.6 is 0 Å². The number of pyridine rings is 1. The molecule has 1 aliphatic rings. The number of rotatable bonds is 4. The molecule has 1 N–H and O–H groups in total. The molecule has 1 amide bonds. The van der Waals surface area contributed by atoms with Gasteiger partial charge >= 0.3 is 0 Å². The quantitative estimate of drug-likeness (QED) is 0.940. The summed E-state index contributed by atoms with van der Waals surface area (Å²) in [6, 6.07) is 10.2. The number of hydrogen-bond acceptors (Lipinski definition) is 3. The summed E-state index contributed by atoms with van der Waals surface area (Å²) in [5.41, 5.74) is 1.79. The predicted octanol–water partition coefficient (Wildman–Crippen LogP) is 3.46. The van der Waals surface area contributed by atoms with Crippen LogP contribution in [-0.2, 0) is 6.54 Å². The number of piperidine rings is 1. The molecule has 0 unspecified atom stereocenters. The molecule has 2 aromatic rings. The molecule has 0 atom stereocenters. The van der Waals surface area contributed by atoms with Crippen LogP contribution in [0.2, 0.25) is 0 Å². The van der Waals surface area contributed by atoms with E-state index in [0.29, 0.717) is 17.8 Å². The number of aromatic nitrogens is 1. The summed E-state index contributed by atoms with van der Waals surface area (Å²) in [5, 5.41) is 3.15. The molecule has 23 heavy (non-hydrogen) atoms. The Kier molecular flexibility index (Phi) is 4.86. The molecule has 120 valence electrons. The van der Waals surface area contributed by atoms with E-state index in [0.717, 1.165) is 31.6 Å². The normalized spacial score (nSPS) is 14.6. The van der Waals surface area contributed by atoms with E-state index in [1.165, 1.54) is 12.5 Å². The van der Waals surface area contributed by atoms with Crippen LogP contribution in [0.3, 0.4) is 0 Å². The Hall–Kier alpha value is -2.43. The molecule has 1 aliphatic heterocycles. The maximum atomic E-state index is 13.6. The van der Waals surface area contributed by atoms with Crippen molar-refractivity contribution in [3.05, 3.63) is 59.7 Å². The van der Waals surface area contributed by atoms with Gasteiger partial charge in [0.05, 0.1) is 0 Å². The lowest BCUT2D eigenvalue weighted by Crippen LogP contribution is -2.36. The summed E-state index contributed by atoms with van der Waals surface area (Å²) >= 11 is 0. The largest absolute Gasteiger partial charge is 0.381 e. The lowest BCUT2D eigenvalue weighted by molar-refractivity contribution is 0.0718. The molecule has 1 saturated heterocycles. The summed E-state index contributed by atoms with van der Waals surface area (Å²) in [5.74, 6) is -0.266. The maximum Gasteiger partial charge on any atom is 0.272 e. The number of benzene rings is 1. The molecular formula is C18H20FN3O. The number of likely N-dealkylation sites (tertiary alicyclic amines) is 1. The monoisotopic (exact) mass is 313 g/mol. The fraction of sp³-hybridized carbons (Fsp3) is 0.333. The molecule has 5 heteroatoms. The first kappa shape index (κ1) is 15.5. The van der Waals surface area contributed by atoms with Crippen LogP contribution in [0.5, 0.6) is 0 Å². The zero-order chi connectivity index (χ0) is 16.1. The highest BCUT2D eigenvalue weighted by Gasteiger charge is 2.19. The molecule has 2 heterocycles. The summed E-state index contributed by atoms with van der Waals surface area (Å²) in [4.78, 5) is 18.5. The van der Waals surface area contributed by atoms with Crippen LogP contribution < -0.4 is 5.32 Å². The fourth-order valence-electron chi connectivity index (χ4n) is 2.76. The number of carbonyl (C=O) groups is 1. The second-order valence-electron chi connectivity index (χ2n) is 5.73. The highest BCUT2D eigenvalue weighted by molar-refractivity contribution is 5.93. The van der Waals surface area contributed by atoms with Crippen molar-refractivity contribution in [2.45, 2.75) is 25.8 Å². The molecule has 4 nitrogen and oxygen atoms in total. The minimum atomic E-state index is -0.237. The minimum Gasteiger partial charge on any atom is -0.381 e. The lowest BCUT2D eigenvalue weighted by Gasteiger charge is -2.26. The number of carbonyl (C=O) groups excluding carboxylic acids is 1. The smallest absolute Gasteiger partial charge is 0.272 e. The zero-order valence-corrected chi connectivity index (χ0v) is 13.0. The second-order valence-corrected chi connectivity index (χ2v) is 5.73. The summed E-state index contributed by atoms with van der Waals surface area (Å²) in [7, 11) is 0. The summed E-state index contributed by atoms with van der Waals surface area (Å²) in [6.45, 7) is 1.97. The molecule has 0 radical (unpaired) electrons. The van der Waals surface area contributed by atoms with Gasteiger partial charge in [-0.25, -0.2) is 4.39 Å². The van der Waals surface area contributed by atoms with Gasteiger partial charge in [-0.05, 0) is 37.5 Å². The summed E-state index contributed by atoms with van der Waals surface area (Å²) < 4.78 is 13.6. The van der Waals surface area contributed by atoms with Crippen LogP contribution in [0.25, 0.3) is 0 Å². The first-order valence-electron chi connectivity index (χ1n) is 7.96. The average molecular weight is 313 g/mol. The molecule has 1 aromatic carbocycles. The van der Waals surface area contributed by atoms with Gasteiger partial charge in [0.1, 0.15) is 11.5 Å². The van der Waals surface area contributed by atoms with Gasteiger partial charge in [-0.2, -0.15) is 0 Å². The number of nitrogens with zero attached hydrogens (tertiary/aromatic N) is 2. The number of halogens is 1. The Morgan fingerprint density at radius 2 is 1.96 bits per heavy atom. The van der Waals surface area contributed by atoms with Crippen LogP contribution in [0.15, 0.2) is 42.6 Å². The summed E-state index contributed by atoms with van der Waals surface area (Å²) in [6.07, 6.45) is 4.90. The van der Waals surface area contributed by atoms with Gasteiger partial charge < -0.3 is 10.2 Å². The Balaban J connectivity index is 1.67. The third kappa shape index (κ3) is 3.86. The lowest BCUT2D eigenvalue weighted by atomic mass is 10.1. The van der Waals surface area contributed by atoms with Crippen LogP contribution in [0.1, 0.15) is 35.3 Å². The van der Waals surface area contributed by atoms with Crippen LogP contribution in [0, 0.1) is 5.82 Å². The van der Waals surface area contributed by atoms with Crippen molar-refractivity contribution in [3.8, 4) is 0 Å². The van der Waals surface area contributed by atoms with Crippen molar-refractivity contribution in [1.29, 1.82) is 0 Å². The standard InChI is InChI=1S/C18H20FN3O/c19-16-7-3-2-6-14(16)13-21-15-8-9-20-17(12-15)18(23)22-10-4-1-5-11-22/h2-3,6-9,12H,1,4-5,10-11,13H2,(H,20,21). The molecule has 0 bridgehead atoms. The highest BCUT2D eigenvalue weighted by atomic mass is 19.1. The van der Waals surface area contributed by atoms with Crippen molar-refractivity contribution in [2.75, 3.05) is 18.4 Å². The first-order valence-corrected chi connectivity index (χ1v) is 7.96. The third-order valence-corrected chi connectivity index (χ3v) is 4.06. The van der Waals surface area contributed by atoms with E-state index in [1.807, 2.05) is 4.90 Å². The Morgan fingerprint density at radius 1 is 1.17 bits per heavy atom. The molecule has 0 aliphatic carbocycles.